The van der Waals surface area contributed by atoms with Gasteiger partial charge in [0.2, 0.25) is 0 Å². The van der Waals surface area contributed by atoms with Crippen molar-refractivity contribution >= 4 is 12.0 Å². The first kappa shape index (κ1) is 17.0. The Balaban J connectivity index is 2.43. The van der Waals surface area contributed by atoms with Gasteiger partial charge in [-0.2, -0.15) is 0 Å². The summed E-state index contributed by atoms with van der Waals surface area (Å²) < 4.78 is 5.13. The minimum Gasteiger partial charge on any atom is -0.491 e. The van der Waals surface area contributed by atoms with E-state index in [1.807, 2.05) is 42.5 Å². The van der Waals surface area contributed by atoms with Crippen LogP contribution in [-0.4, -0.2) is 19.6 Å². The fourth-order valence-electron chi connectivity index (χ4n) is 1.89. The van der Waals surface area contributed by atoms with Crippen molar-refractivity contribution in [2.24, 2.45) is 0 Å². The summed E-state index contributed by atoms with van der Waals surface area (Å²) in [5.74, 6) is 0.171. The fourth-order valence-corrected chi connectivity index (χ4v) is 1.89. The van der Waals surface area contributed by atoms with Crippen molar-refractivity contribution in [3.05, 3.63) is 53.8 Å². The molecule has 1 aromatic rings. The molecule has 3 heteroatoms. The van der Waals surface area contributed by atoms with Crippen LogP contribution in [0.5, 0.6) is 0 Å². The van der Waals surface area contributed by atoms with Crippen molar-refractivity contribution in [2.45, 2.75) is 32.6 Å². The van der Waals surface area contributed by atoms with Crippen LogP contribution in [0.4, 0.5) is 0 Å². The second-order valence-corrected chi connectivity index (χ2v) is 4.82. The summed E-state index contributed by atoms with van der Waals surface area (Å²) in [6.07, 6.45) is 10.0. The summed E-state index contributed by atoms with van der Waals surface area (Å²) in [5.41, 5.74) is 1.09. The Morgan fingerprint density at radius 2 is 1.95 bits per heavy atom. The Bertz CT molecular complexity index is 463. The molecule has 0 saturated heterocycles. The summed E-state index contributed by atoms with van der Waals surface area (Å²) in [4.78, 5) is 11.9. The highest BCUT2D eigenvalue weighted by atomic mass is 16.5. The molecule has 1 N–H and O–H groups in total. The highest BCUT2D eigenvalue weighted by Gasteiger charge is 2.07. The van der Waals surface area contributed by atoms with Crippen LogP contribution in [0, 0.1) is 0 Å². The van der Waals surface area contributed by atoms with E-state index in [0.29, 0.717) is 12.3 Å². The van der Waals surface area contributed by atoms with Gasteiger partial charge >= 0.3 is 0 Å². The lowest BCUT2D eigenvalue weighted by molar-refractivity contribution is -0.120. The normalized spacial score (nSPS) is 11.6. The number of rotatable bonds is 9. The molecular weight excluding hydrogens is 262 g/mol. The van der Waals surface area contributed by atoms with Gasteiger partial charge in [0.05, 0.1) is 7.11 Å². The van der Waals surface area contributed by atoms with E-state index in [9.17, 15) is 4.79 Å². The second-order valence-electron chi connectivity index (χ2n) is 4.82. The number of unbranched alkanes of at least 4 members (excludes halogenated alkanes) is 3. The van der Waals surface area contributed by atoms with Crippen molar-refractivity contribution in [1.29, 1.82) is 0 Å². The Morgan fingerprint density at radius 1 is 1.19 bits per heavy atom. The average molecular weight is 287 g/mol. The molecule has 1 aromatic carbocycles. The summed E-state index contributed by atoms with van der Waals surface area (Å²) >= 11 is 0. The number of carbonyl (C=O) groups excluding carboxylic acids is 1. The van der Waals surface area contributed by atoms with Crippen molar-refractivity contribution in [1.82, 2.24) is 5.32 Å². The molecule has 114 valence electrons. The summed E-state index contributed by atoms with van der Waals surface area (Å²) in [6, 6.07) is 9.93. The molecule has 1 rings (SSSR count). The van der Waals surface area contributed by atoms with Crippen LogP contribution in [0.3, 0.4) is 0 Å². The minimum absolute atomic E-state index is 0.160. The van der Waals surface area contributed by atoms with E-state index >= 15 is 0 Å². The molecule has 0 aliphatic heterocycles. The molecule has 0 spiro atoms. The predicted octanol–water partition coefficient (Wildman–Crippen LogP) is 3.93. The number of nitrogens with one attached hydrogen (secondary N) is 1. The number of amides is 1. The van der Waals surface area contributed by atoms with Gasteiger partial charge in [-0.15, -0.1) is 0 Å². The average Bonchev–Trinajstić information content (AvgIpc) is 2.52. The van der Waals surface area contributed by atoms with Gasteiger partial charge in [-0.1, -0.05) is 68.7 Å². The van der Waals surface area contributed by atoms with Gasteiger partial charge in [0.15, 0.2) is 5.76 Å². The third-order valence-electron chi connectivity index (χ3n) is 3.10. The maximum Gasteiger partial charge on any atom is 0.286 e. The van der Waals surface area contributed by atoms with Gasteiger partial charge in [-0.25, -0.2) is 0 Å². The maximum absolute atomic E-state index is 11.9. The van der Waals surface area contributed by atoms with Gasteiger partial charge in [0.25, 0.3) is 5.91 Å². The van der Waals surface area contributed by atoms with E-state index in [1.165, 1.54) is 20.0 Å². The van der Waals surface area contributed by atoms with E-state index in [1.54, 1.807) is 6.08 Å². The largest absolute Gasteiger partial charge is 0.491 e. The molecule has 0 saturated carbocycles. The summed E-state index contributed by atoms with van der Waals surface area (Å²) in [7, 11) is 1.51. The van der Waals surface area contributed by atoms with Crippen molar-refractivity contribution in [2.75, 3.05) is 13.7 Å². The number of hydrogen-bond acceptors (Lipinski definition) is 2. The molecule has 0 aromatic heterocycles. The number of carbonyl (C=O) groups is 1. The Labute approximate surface area is 127 Å². The van der Waals surface area contributed by atoms with Crippen molar-refractivity contribution in [3.63, 3.8) is 0 Å². The van der Waals surface area contributed by atoms with Crippen LogP contribution in [-0.2, 0) is 9.53 Å². The topological polar surface area (TPSA) is 38.3 Å². The highest BCUT2D eigenvalue weighted by molar-refractivity contribution is 5.91. The zero-order chi connectivity index (χ0) is 15.3. The number of allylic oxidation sites excluding steroid dienone is 2. The molecule has 0 aliphatic carbocycles. The van der Waals surface area contributed by atoms with Crippen LogP contribution in [0.2, 0.25) is 0 Å². The zero-order valence-electron chi connectivity index (χ0n) is 13.0. The van der Waals surface area contributed by atoms with Gasteiger partial charge in [-0.05, 0) is 18.1 Å². The predicted molar refractivity (Wildman–Crippen MR) is 87.7 cm³/mol. The van der Waals surface area contributed by atoms with Crippen molar-refractivity contribution in [3.8, 4) is 0 Å². The van der Waals surface area contributed by atoms with Gasteiger partial charge in [0.1, 0.15) is 0 Å². The smallest absolute Gasteiger partial charge is 0.286 e. The van der Waals surface area contributed by atoms with E-state index in [0.717, 1.165) is 18.4 Å². The Kier molecular flexibility index (Phi) is 8.69. The lowest BCUT2D eigenvalue weighted by atomic mass is 10.2. The van der Waals surface area contributed by atoms with E-state index in [4.69, 9.17) is 4.74 Å². The monoisotopic (exact) mass is 287 g/mol. The summed E-state index contributed by atoms with van der Waals surface area (Å²) in [5, 5.41) is 2.88. The first-order valence-corrected chi connectivity index (χ1v) is 7.53. The van der Waals surface area contributed by atoms with Crippen LogP contribution in [0.15, 0.2) is 48.2 Å². The first-order chi connectivity index (χ1) is 10.3. The lowest BCUT2D eigenvalue weighted by Gasteiger charge is -2.07. The first-order valence-electron chi connectivity index (χ1n) is 7.53. The molecule has 0 fully saturated rings. The molecular formula is C18H25NO2. The van der Waals surface area contributed by atoms with Crippen molar-refractivity contribution < 1.29 is 9.53 Å². The molecule has 0 radical (unpaired) electrons. The standard InChI is InChI=1S/C18H25NO2/c1-3-4-5-9-15-19-18(20)17(21-2)14-10-13-16-11-7-6-8-12-16/h6-8,10-14H,3-5,9,15H2,1-2H3,(H,19,20)/b13-10+,17-14-. The number of methoxy groups -OCH3 is 1. The molecule has 3 nitrogen and oxygen atoms in total. The van der Waals surface area contributed by atoms with Gasteiger partial charge in [0, 0.05) is 6.54 Å². The zero-order valence-corrected chi connectivity index (χ0v) is 13.0. The van der Waals surface area contributed by atoms with Gasteiger partial charge in [-0.3, -0.25) is 4.79 Å². The Hall–Kier alpha value is -2.03. The summed E-state index contributed by atoms with van der Waals surface area (Å²) in [6.45, 7) is 2.87. The van der Waals surface area contributed by atoms with Crippen LogP contribution < -0.4 is 5.32 Å². The highest BCUT2D eigenvalue weighted by Crippen LogP contribution is 2.03. The lowest BCUT2D eigenvalue weighted by Crippen LogP contribution is -2.26. The van der Waals surface area contributed by atoms with Gasteiger partial charge < -0.3 is 10.1 Å². The fraction of sp³-hybridized carbons (Fsp3) is 0.389. The van der Waals surface area contributed by atoms with E-state index in [-0.39, 0.29) is 5.91 Å². The molecule has 0 bridgehead atoms. The molecule has 0 atom stereocenters. The molecule has 0 heterocycles. The van der Waals surface area contributed by atoms with Crippen LogP contribution in [0.1, 0.15) is 38.2 Å². The van der Waals surface area contributed by atoms with E-state index < -0.39 is 0 Å². The SMILES string of the molecule is CCCCCCNC(=O)/C(=C/C=C/c1ccccc1)OC. The molecule has 0 unspecified atom stereocenters. The Morgan fingerprint density at radius 3 is 2.62 bits per heavy atom. The number of hydrogen-bond donors (Lipinski definition) is 1. The second kappa shape index (κ2) is 10.7. The van der Waals surface area contributed by atoms with Crippen LogP contribution >= 0.6 is 0 Å². The quantitative estimate of drug-likeness (QED) is 0.323. The molecule has 1 amide bonds. The number of benzene rings is 1. The third-order valence-corrected chi connectivity index (χ3v) is 3.10. The maximum atomic E-state index is 11.9. The number of ether oxygens (including phenoxy) is 1. The van der Waals surface area contributed by atoms with E-state index in [2.05, 4.69) is 12.2 Å². The molecule has 0 aliphatic rings. The minimum atomic E-state index is -0.160. The third kappa shape index (κ3) is 7.35. The van der Waals surface area contributed by atoms with Crippen LogP contribution in [0.25, 0.3) is 6.08 Å². The molecule has 21 heavy (non-hydrogen) atoms.